The molecule has 1 heterocycles. The predicted molar refractivity (Wildman–Crippen MR) is 79.8 cm³/mol. The van der Waals surface area contributed by atoms with Gasteiger partial charge < -0.3 is 14.9 Å². The van der Waals surface area contributed by atoms with E-state index in [0.717, 1.165) is 37.3 Å². The third kappa shape index (κ3) is 2.42. The molecule has 4 bridgehead atoms. The summed E-state index contributed by atoms with van der Waals surface area (Å²) in [5.74, 6) is 2.77. The third-order valence-corrected chi connectivity index (χ3v) is 5.82. The van der Waals surface area contributed by atoms with Crippen molar-refractivity contribution < 1.29 is 9.63 Å². The zero-order valence-corrected chi connectivity index (χ0v) is 13.1. The number of aromatic nitrogens is 1. The van der Waals surface area contributed by atoms with Crippen LogP contribution in [0.5, 0.6) is 0 Å². The van der Waals surface area contributed by atoms with Crippen LogP contribution in [0.25, 0.3) is 0 Å². The van der Waals surface area contributed by atoms with Gasteiger partial charge in [0.15, 0.2) is 0 Å². The topological polar surface area (TPSA) is 58.3 Å². The van der Waals surface area contributed by atoms with Crippen molar-refractivity contribution in [1.82, 2.24) is 10.5 Å². The van der Waals surface area contributed by atoms with Gasteiger partial charge in [-0.15, -0.1) is 0 Å². The van der Waals surface area contributed by atoms with Crippen LogP contribution in [0.15, 0.2) is 10.6 Å². The monoisotopic (exact) mass is 290 g/mol. The van der Waals surface area contributed by atoms with E-state index < -0.39 is 5.60 Å². The number of aliphatic hydroxyl groups is 1. The average molecular weight is 290 g/mol. The number of nitrogens with zero attached hydrogens (tertiary/aromatic N) is 1. The fraction of sp³-hybridized carbons (Fsp3) is 0.824. The van der Waals surface area contributed by atoms with Crippen molar-refractivity contribution in [1.29, 1.82) is 0 Å². The van der Waals surface area contributed by atoms with E-state index >= 15 is 0 Å². The van der Waals surface area contributed by atoms with Crippen LogP contribution in [0.2, 0.25) is 0 Å². The Balaban J connectivity index is 1.46. The smallest absolute Gasteiger partial charge is 0.139 e. The molecule has 0 spiro atoms. The Morgan fingerprint density at radius 1 is 1.33 bits per heavy atom. The fourth-order valence-corrected chi connectivity index (χ4v) is 5.38. The van der Waals surface area contributed by atoms with Crippen LogP contribution in [0.3, 0.4) is 0 Å². The van der Waals surface area contributed by atoms with Gasteiger partial charge in [0.05, 0.1) is 11.3 Å². The number of hydrogen-bond acceptors (Lipinski definition) is 4. The molecule has 0 radical (unpaired) electrons. The normalized spacial score (nSPS) is 41.1. The van der Waals surface area contributed by atoms with E-state index in [1.165, 1.54) is 19.3 Å². The first-order valence-electron chi connectivity index (χ1n) is 8.38. The van der Waals surface area contributed by atoms with E-state index in [0.29, 0.717) is 17.8 Å². The maximum atomic E-state index is 10.8. The zero-order valence-electron chi connectivity index (χ0n) is 13.1. The Kier molecular flexibility index (Phi) is 2.99. The van der Waals surface area contributed by atoms with Crippen LogP contribution >= 0.6 is 0 Å². The van der Waals surface area contributed by atoms with Crippen LogP contribution in [0, 0.1) is 11.8 Å². The second-order valence-corrected chi connectivity index (χ2v) is 8.19. The standard InChI is InChI=1S/C17H26N2O2/c1-11(2)15-4-14(19-21-15)9-18-16-5-12-3-13(6-16)8-17(20,7-12)10-16/h4,11-13,18,20H,3,5-10H2,1-2H3. The summed E-state index contributed by atoms with van der Waals surface area (Å²) in [6.45, 7) is 4.99. The van der Waals surface area contributed by atoms with Gasteiger partial charge in [0.1, 0.15) is 5.76 Å². The van der Waals surface area contributed by atoms with Gasteiger partial charge in [-0.25, -0.2) is 0 Å². The summed E-state index contributed by atoms with van der Waals surface area (Å²) in [5.41, 5.74) is 0.723. The van der Waals surface area contributed by atoms with Crippen molar-refractivity contribution in [2.45, 2.75) is 76.0 Å². The first kappa shape index (κ1) is 13.8. The summed E-state index contributed by atoms with van der Waals surface area (Å²) in [4.78, 5) is 0. The Morgan fingerprint density at radius 2 is 2.05 bits per heavy atom. The maximum Gasteiger partial charge on any atom is 0.139 e. The second-order valence-electron chi connectivity index (χ2n) is 8.19. The van der Waals surface area contributed by atoms with Crippen molar-refractivity contribution >= 4 is 0 Å². The molecule has 4 aliphatic carbocycles. The lowest BCUT2D eigenvalue weighted by Gasteiger charge is -2.60. The highest BCUT2D eigenvalue weighted by atomic mass is 16.5. The number of rotatable bonds is 4. The highest BCUT2D eigenvalue weighted by Gasteiger charge is 2.56. The minimum absolute atomic E-state index is 0.135. The van der Waals surface area contributed by atoms with E-state index in [2.05, 4.69) is 30.4 Å². The molecular weight excluding hydrogens is 264 g/mol. The van der Waals surface area contributed by atoms with E-state index in [-0.39, 0.29) is 5.54 Å². The molecule has 4 saturated carbocycles. The van der Waals surface area contributed by atoms with Crippen molar-refractivity contribution in [3.05, 3.63) is 17.5 Å². The summed E-state index contributed by atoms with van der Waals surface area (Å²) in [5, 5.41) is 18.7. The molecule has 5 rings (SSSR count). The summed E-state index contributed by atoms with van der Waals surface area (Å²) in [7, 11) is 0. The highest BCUT2D eigenvalue weighted by molar-refractivity contribution is 5.14. The molecule has 0 aliphatic heterocycles. The number of nitrogens with one attached hydrogen (secondary N) is 1. The van der Waals surface area contributed by atoms with Gasteiger partial charge in [-0.1, -0.05) is 19.0 Å². The average Bonchev–Trinajstić information content (AvgIpc) is 2.82. The Hall–Kier alpha value is -0.870. The second kappa shape index (κ2) is 4.56. The van der Waals surface area contributed by atoms with Gasteiger partial charge in [0.2, 0.25) is 0 Å². The summed E-state index contributed by atoms with van der Waals surface area (Å²) < 4.78 is 5.38. The molecule has 4 aliphatic rings. The van der Waals surface area contributed by atoms with Crippen LogP contribution < -0.4 is 5.32 Å². The fourth-order valence-electron chi connectivity index (χ4n) is 5.38. The van der Waals surface area contributed by atoms with Crippen LogP contribution in [-0.4, -0.2) is 21.4 Å². The van der Waals surface area contributed by atoms with Crippen LogP contribution in [0.1, 0.15) is 69.7 Å². The maximum absolute atomic E-state index is 10.8. The van der Waals surface area contributed by atoms with Crippen molar-refractivity contribution in [2.75, 3.05) is 0 Å². The molecule has 2 unspecified atom stereocenters. The van der Waals surface area contributed by atoms with Gasteiger partial charge >= 0.3 is 0 Å². The molecule has 2 atom stereocenters. The molecule has 1 aromatic rings. The molecule has 21 heavy (non-hydrogen) atoms. The quantitative estimate of drug-likeness (QED) is 0.895. The van der Waals surface area contributed by atoms with Crippen LogP contribution in [0.4, 0.5) is 0 Å². The molecule has 0 aromatic carbocycles. The first-order chi connectivity index (χ1) is 9.95. The van der Waals surface area contributed by atoms with Gasteiger partial charge in [-0.05, 0) is 50.4 Å². The van der Waals surface area contributed by atoms with Crippen LogP contribution in [-0.2, 0) is 6.54 Å². The largest absolute Gasteiger partial charge is 0.390 e. The Bertz CT molecular complexity index is 523. The lowest BCUT2D eigenvalue weighted by Crippen LogP contribution is -2.64. The third-order valence-electron chi connectivity index (χ3n) is 5.82. The van der Waals surface area contributed by atoms with Crippen molar-refractivity contribution in [2.24, 2.45) is 11.8 Å². The van der Waals surface area contributed by atoms with E-state index in [1.807, 2.05) is 0 Å². The SMILES string of the molecule is CC(C)c1cc(CNC23CC4CC(CC(O)(C4)C2)C3)no1. The molecule has 116 valence electrons. The van der Waals surface area contributed by atoms with Gasteiger partial charge in [0, 0.05) is 24.1 Å². The molecule has 4 fully saturated rings. The molecule has 4 nitrogen and oxygen atoms in total. The van der Waals surface area contributed by atoms with Gasteiger partial charge in [0.25, 0.3) is 0 Å². The van der Waals surface area contributed by atoms with E-state index in [1.54, 1.807) is 0 Å². The van der Waals surface area contributed by atoms with Crippen molar-refractivity contribution in [3.8, 4) is 0 Å². The summed E-state index contributed by atoms with van der Waals surface area (Å²) in [6, 6.07) is 2.06. The van der Waals surface area contributed by atoms with E-state index in [9.17, 15) is 5.11 Å². The Morgan fingerprint density at radius 3 is 2.62 bits per heavy atom. The summed E-state index contributed by atoms with van der Waals surface area (Å²) >= 11 is 0. The van der Waals surface area contributed by atoms with Gasteiger partial charge in [-0.2, -0.15) is 0 Å². The molecule has 0 amide bonds. The first-order valence-corrected chi connectivity index (χ1v) is 8.38. The van der Waals surface area contributed by atoms with E-state index in [4.69, 9.17) is 4.52 Å². The lowest BCUT2D eigenvalue weighted by molar-refractivity contribution is -0.142. The molecular formula is C17H26N2O2. The predicted octanol–water partition coefficient (Wildman–Crippen LogP) is 2.97. The zero-order chi connectivity index (χ0) is 14.7. The molecule has 4 heteroatoms. The van der Waals surface area contributed by atoms with Crippen molar-refractivity contribution in [3.63, 3.8) is 0 Å². The molecule has 0 saturated heterocycles. The minimum atomic E-state index is -0.399. The highest BCUT2D eigenvalue weighted by Crippen LogP contribution is 2.57. The number of hydrogen-bond donors (Lipinski definition) is 2. The minimum Gasteiger partial charge on any atom is -0.390 e. The lowest BCUT2D eigenvalue weighted by atomic mass is 9.51. The Labute approximate surface area is 126 Å². The summed E-state index contributed by atoms with van der Waals surface area (Å²) in [6.07, 6.45) is 6.74. The molecule has 1 aromatic heterocycles. The van der Waals surface area contributed by atoms with Gasteiger partial charge in [-0.3, -0.25) is 0 Å². The molecule has 2 N–H and O–H groups in total.